The lowest BCUT2D eigenvalue weighted by Gasteiger charge is -2.35. The lowest BCUT2D eigenvalue weighted by atomic mass is 9.94. The van der Waals surface area contributed by atoms with E-state index in [2.05, 4.69) is 0 Å². The molecule has 1 aliphatic heterocycles. The molecule has 2 heterocycles. The second kappa shape index (κ2) is 7.77. The molecule has 2 aromatic rings. The van der Waals surface area contributed by atoms with Crippen molar-refractivity contribution < 1.29 is 18.0 Å². The monoisotopic (exact) mass is 418 g/mol. The minimum absolute atomic E-state index is 0.116. The first-order chi connectivity index (χ1) is 13.5. The summed E-state index contributed by atoms with van der Waals surface area (Å²) >= 11 is 1.14. The number of nitrogens with zero attached hydrogens (tertiary/aromatic N) is 2. The van der Waals surface area contributed by atoms with Gasteiger partial charge in [0.1, 0.15) is 10.3 Å². The van der Waals surface area contributed by atoms with Crippen LogP contribution in [0.25, 0.3) is 0 Å². The van der Waals surface area contributed by atoms with Crippen molar-refractivity contribution in [3.63, 3.8) is 0 Å². The van der Waals surface area contributed by atoms with E-state index in [9.17, 15) is 18.0 Å². The molecule has 1 aliphatic carbocycles. The number of hydrogen-bond acceptors (Lipinski definition) is 5. The van der Waals surface area contributed by atoms with E-state index in [1.54, 1.807) is 41.8 Å². The zero-order valence-corrected chi connectivity index (χ0v) is 17.0. The fourth-order valence-corrected chi connectivity index (χ4v) is 7.05. The van der Waals surface area contributed by atoms with Crippen LogP contribution >= 0.6 is 11.3 Å². The SMILES string of the molecule is O=C1CC(N(C2CCCCC2)S(=O)(=O)c2cccs2)C(=O)N1c1ccccc1. The third-order valence-electron chi connectivity index (χ3n) is 5.41. The highest BCUT2D eigenvalue weighted by Crippen LogP contribution is 2.35. The van der Waals surface area contributed by atoms with Gasteiger partial charge in [0.05, 0.1) is 12.1 Å². The van der Waals surface area contributed by atoms with E-state index in [0.717, 1.165) is 35.5 Å². The van der Waals surface area contributed by atoms with E-state index >= 15 is 0 Å². The summed E-state index contributed by atoms with van der Waals surface area (Å²) in [6.07, 6.45) is 4.24. The highest BCUT2D eigenvalue weighted by molar-refractivity contribution is 7.91. The Labute approximate surface area is 168 Å². The number of thiophene rings is 1. The highest BCUT2D eigenvalue weighted by Gasteiger charge is 2.49. The Hall–Kier alpha value is -2.03. The molecule has 2 fully saturated rings. The largest absolute Gasteiger partial charge is 0.274 e. The molecule has 1 saturated heterocycles. The number of sulfonamides is 1. The van der Waals surface area contributed by atoms with Gasteiger partial charge in [-0.25, -0.2) is 13.3 Å². The van der Waals surface area contributed by atoms with Crippen LogP contribution < -0.4 is 4.90 Å². The summed E-state index contributed by atoms with van der Waals surface area (Å²) in [5, 5.41) is 1.71. The van der Waals surface area contributed by atoms with E-state index < -0.39 is 22.0 Å². The lowest BCUT2D eigenvalue weighted by Crippen LogP contribution is -2.51. The van der Waals surface area contributed by atoms with Gasteiger partial charge in [0.2, 0.25) is 5.91 Å². The van der Waals surface area contributed by atoms with Gasteiger partial charge in [-0.15, -0.1) is 11.3 Å². The first-order valence-electron chi connectivity index (χ1n) is 9.49. The highest BCUT2D eigenvalue weighted by atomic mass is 32.2. The molecule has 0 radical (unpaired) electrons. The molecule has 1 saturated carbocycles. The molecule has 1 unspecified atom stereocenters. The summed E-state index contributed by atoms with van der Waals surface area (Å²) in [5.74, 6) is -0.815. The van der Waals surface area contributed by atoms with Crippen LogP contribution in [0.3, 0.4) is 0 Å². The van der Waals surface area contributed by atoms with E-state index in [1.807, 2.05) is 6.07 Å². The quantitative estimate of drug-likeness (QED) is 0.698. The van der Waals surface area contributed by atoms with Gasteiger partial charge in [-0.05, 0) is 36.4 Å². The number of imide groups is 1. The van der Waals surface area contributed by atoms with Crippen molar-refractivity contribution in [3.05, 3.63) is 47.8 Å². The van der Waals surface area contributed by atoms with Crippen molar-refractivity contribution >= 4 is 38.9 Å². The summed E-state index contributed by atoms with van der Waals surface area (Å²) in [6, 6.07) is 10.7. The smallest absolute Gasteiger partial charge is 0.253 e. The molecule has 1 atom stereocenters. The van der Waals surface area contributed by atoms with E-state index in [0.29, 0.717) is 18.5 Å². The zero-order valence-electron chi connectivity index (χ0n) is 15.4. The fraction of sp³-hybridized carbons (Fsp3) is 0.400. The lowest BCUT2D eigenvalue weighted by molar-refractivity contribution is -0.122. The maximum absolute atomic E-state index is 13.4. The molecule has 2 amide bonds. The first kappa shape index (κ1) is 19.3. The van der Waals surface area contributed by atoms with Crippen molar-refractivity contribution in [2.45, 2.75) is 54.8 Å². The van der Waals surface area contributed by atoms with Crippen LogP contribution in [0.15, 0.2) is 52.1 Å². The molecule has 28 heavy (non-hydrogen) atoms. The normalized spacial score (nSPS) is 21.6. The molecule has 4 rings (SSSR count). The number of rotatable bonds is 5. The number of carbonyl (C=O) groups excluding carboxylic acids is 2. The third-order valence-corrected chi connectivity index (χ3v) is 8.74. The number of carbonyl (C=O) groups is 2. The number of anilines is 1. The van der Waals surface area contributed by atoms with Gasteiger partial charge < -0.3 is 0 Å². The minimum Gasteiger partial charge on any atom is -0.274 e. The van der Waals surface area contributed by atoms with Crippen molar-refractivity contribution in [1.82, 2.24) is 4.31 Å². The van der Waals surface area contributed by atoms with Gasteiger partial charge in [0.15, 0.2) is 0 Å². The molecule has 0 bridgehead atoms. The first-order valence-corrected chi connectivity index (χ1v) is 11.8. The fourth-order valence-electron chi connectivity index (χ4n) is 4.13. The maximum Gasteiger partial charge on any atom is 0.253 e. The molecular weight excluding hydrogens is 396 g/mol. The van der Waals surface area contributed by atoms with E-state index in [-0.39, 0.29) is 22.6 Å². The molecule has 6 nitrogen and oxygen atoms in total. The summed E-state index contributed by atoms with van der Waals surface area (Å²) in [4.78, 5) is 27.0. The third kappa shape index (κ3) is 3.40. The molecule has 2 aliphatic rings. The summed E-state index contributed by atoms with van der Waals surface area (Å²) < 4.78 is 28.4. The van der Waals surface area contributed by atoms with Crippen LogP contribution in [0.1, 0.15) is 38.5 Å². The van der Waals surface area contributed by atoms with Gasteiger partial charge in [-0.2, -0.15) is 4.31 Å². The summed E-state index contributed by atoms with van der Waals surface area (Å²) in [7, 11) is -3.85. The second-order valence-corrected chi connectivity index (χ2v) is 10.2. The Kier molecular flexibility index (Phi) is 5.35. The molecule has 1 aromatic heterocycles. The van der Waals surface area contributed by atoms with Crippen molar-refractivity contribution in [2.24, 2.45) is 0 Å². The van der Waals surface area contributed by atoms with Gasteiger partial charge in [-0.1, -0.05) is 43.5 Å². The predicted octanol–water partition coefficient (Wildman–Crippen LogP) is 3.40. The van der Waals surface area contributed by atoms with E-state index in [4.69, 9.17) is 0 Å². The number of benzene rings is 1. The average molecular weight is 419 g/mol. The molecule has 0 N–H and O–H groups in total. The van der Waals surface area contributed by atoms with Crippen LogP contribution in [-0.4, -0.2) is 36.6 Å². The van der Waals surface area contributed by atoms with Crippen LogP contribution in [-0.2, 0) is 19.6 Å². The molecule has 1 aromatic carbocycles. The Balaban J connectivity index is 1.73. The van der Waals surface area contributed by atoms with Gasteiger partial charge >= 0.3 is 0 Å². The Morgan fingerprint density at radius 1 is 0.964 bits per heavy atom. The van der Waals surface area contributed by atoms with Crippen LogP contribution in [0.5, 0.6) is 0 Å². The topological polar surface area (TPSA) is 74.8 Å². The number of hydrogen-bond donors (Lipinski definition) is 0. The Morgan fingerprint density at radius 3 is 2.32 bits per heavy atom. The molecule has 8 heteroatoms. The van der Waals surface area contributed by atoms with Gasteiger partial charge in [-0.3, -0.25) is 9.59 Å². The Bertz CT molecular complexity index is 951. The van der Waals surface area contributed by atoms with Crippen molar-refractivity contribution in [3.8, 4) is 0 Å². The van der Waals surface area contributed by atoms with Crippen LogP contribution in [0.2, 0.25) is 0 Å². The van der Waals surface area contributed by atoms with Gasteiger partial charge in [0, 0.05) is 6.04 Å². The minimum atomic E-state index is -3.85. The summed E-state index contributed by atoms with van der Waals surface area (Å²) in [6.45, 7) is 0. The van der Waals surface area contributed by atoms with Crippen molar-refractivity contribution in [2.75, 3.05) is 4.90 Å². The zero-order chi connectivity index (χ0) is 19.7. The van der Waals surface area contributed by atoms with Crippen LogP contribution in [0.4, 0.5) is 5.69 Å². The average Bonchev–Trinajstić information content (AvgIpc) is 3.33. The maximum atomic E-state index is 13.4. The van der Waals surface area contributed by atoms with Crippen LogP contribution in [0, 0.1) is 0 Å². The predicted molar refractivity (Wildman–Crippen MR) is 108 cm³/mol. The van der Waals surface area contributed by atoms with E-state index in [1.165, 1.54) is 4.31 Å². The van der Waals surface area contributed by atoms with Gasteiger partial charge in [0.25, 0.3) is 15.9 Å². The standard InChI is InChI=1S/C20H22N2O4S2/c23-18-14-17(20(24)21(18)15-8-3-1-4-9-15)22(16-10-5-2-6-11-16)28(25,26)19-12-7-13-27-19/h1,3-4,7-9,12-13,16-17H,2,5-6,10-11,14H2. The number of amides is 2. The Morgan fingerprint density at radius 2 is 1.68 bits per heavy atom. The molecule has 0 spiro atoms. The summed E-state index contributed by atoms with van der Waals surface area (Å²) in [5.41, 5.74) is 0.483. The second-order valence-electron chi connectivity index (χ2n) is 7.18. The van der Waals surface area contributed by atoms with Crippen molar-refractivity contribution in [1.29, 1.82) is 0 Å². The molecular formula is C20H22N2O4S2. The number of para-hydroxylation sites is 1. The molecule has 148 valence electrons.